The lowest BCUT2D eigenvalue weighted by atomic mass is 10.3. The van der Waals surface area contributed by atoms with Gasteiger partial charge in [0.05, 0.1) is 6.33 Å². The van der Waals surface area contributed by atoms with E-state index in [1.54, 1.807) is 17.8 Å². The molecular weight excluding hydrogens is 246 g/mol. The van der Waals surface area contributed by atoms with Gasteiger partial charge < -0.3 is 10.3 Å². The van der Waals surface area contributed by atoms with Gasteiger partial charge in [-0.1, -0.05) is 0 Å². The summed E-state index contributed by atoms with van der Waals surface area (Å²) in [5.74, 6) is 0. The summed E-state index contributed by atoms with van der Waals surface area (Å²) in [5, 5.41) is 0. The smallest absolute Gasteiger partial charge is 0.328 e. The lowest BCUT2D eigenvalue weighted by Crippen LogP contribution is -2.40. The van der Waals surface area contributed by atoms with Crippen molar-refractivity contribution in [2.24, 2.45) is 5.73 Å². The Morgan fingerprint density at radius 1 is 1.26 bits per heavy atom. The minimum absolute atomic E-state index is 0.0363. The number of nitrogens with two attached hydrogens (primary N) is 1. The normalized spacial score (nSPS) is 13.1. The van der Waals surface area contributed by atoms with Gasteiger partial charge in [0.1, 0.15) is 0 Å². The molecule has 0 aliphatic rings. The Morgan fingerprint density at radius 2 is 1.89 bits per heavy atom. The fraction of sp³-hybridized carbons (Fsp3) is 0.583. The van der Waals surface area contributed by atoms with Crippen LogP contribution in [-0.4, -0.2) is 25.2 Å². The number of rotatable bonds is 4. The second kappa shape index (κ2) is 5.00. The van der Waals surface area contributed by atoms with Gasteiger partial charge in [0.15, 0.2) is 11.2 Å². The van der Waals surface area contributed by atoms with Crippen LogP contribution in [0.25, 0.3) is 11.2 Å². The molecule has 0 saturated heterocycles. The Balaban J connectivity index is 2.95. The zero-order valence-electron chi connectivity index (χ0n) is 11.5. The fourth-order valence-electron chi connectivity index (χ4n) is 2.22. The molecule has 7 nitrogen and oxygen atoms in total. The topological polar surface area (TPSA) is 87.8 Å². The first-order valence-electron chi connectivity index (χ1n) is 6.47. The number of imidazole rings is 1. The maximum atomic E-state index is 12.4. The van der Waals surface area contributed by atoms with Crippen LogP contribution in [0.2, 0.25) is 0 Å². The van der Waals surface area contributed by atoms with Gasteiger partial charge in [-0.05, 0) is 20.8 Å². The lowest BCUT2D eigenvalue weighted by molar-refractivity contribution is 0.562. The van der Waals surface area contributed by atoms with E-state index in [-0.39, 0.29) is 17.3 Å². The van der Waals surface area contributed by atoms with Gasteiger partial charge in [0.25, 0.3) is 5.56 Å². The van der Waals surface area contributed by atoms with Gasteiger partial charge in [-0.3, -0.25) is 13.9 Å². The van der Waals surface area contributed by atoms with Crippen molar-refractivity contribution in [1.29, 1.82) is 0 Å². The van der Waals surface area contributed by atoms with Crippen molar-refractivity contribution < 1.29 is 0 Å². The second-order valence-electron chi connectivity index (χ2n) is 4.49. The lowest BCUT2D eigenvalue weighted by Gasteiger charge is -2.13. The Kier molecular flexibility index (Phi) is 3.57. The largest absolute Gasteiger partial charge is 0.332 e. The molecule has 19 heavy (non-hydrogen) atoms. The molecule has 0 aliphatic heterocycles. The standard InChI is InChI=1S/C12H19N5O2/c1-4-15-10-9(11(18)16(5-2)12(15)19)17(7-14-10)8(3)6-13/h7-8H,4-6,13H2,1-3H3. The summed E-state index contributed by atoms with van der Waals surface area (Å²) in [6, 6.07) is -0.0363. The van der Waals surface area contributed by atoms with Crippen LogP contribution in [0.5, 0.6) is 0 Å². The summed E-state index contributed by atoms with van der Waals surface area (Å²) in [6.45, 7) is 6.78. The molecule has 0 spiro atoms. The van der Waals surface area contributed by atoms with Gasteiger partial charge in [-0.2, -0.15) is 0 Å². The van der Waals surface area contributed by atoms with Crippen molar-refractivity contribution in [3.05, 3.63) is 27.2 Å². The van der Waals surface area contributed by atoms with Crippen LogP contribution in [-0.2, 0) is 13.1 Å². The molecule has 0 aliphatic carbocycles. The molecule has 0 saturated carbocycles. The third-order valence-corrected chi connectivity index (χ3v) is 3.39. The van der Waals surface area contributed by atoms with Crippen LogP contribution in [0.4, 0.5) is 0 Å². The van der Waals surface area contributed by atoms with E-state index in [1.807, 2.05) is 13.8 Å². The first-order valence-corrected chi connectivity index (χ1v) is 6.47. The number of aryl methyl sites for hydroxylation is 1. The van der Waals surface area contributed by atoms with Gasteiger partial charge in [0.2, 0.25) is 0 Å². The van der Waals surface area contributed by atoms with Crippen LogP contribution in [0, 0.1) is 0 Å². The molecular formula is C12H19N5O2. The molecule has 2 N–H and O–H groups in total. The van der Waals surface area contributed by atoms with Crippen molar-refractivity contribution >= 4 is 11.2 Å². The summed E-state index contributed by atoms with van der Waals surface area (Å²) in [6.07, 6.45) is 1.58. The summed E-state index contributed by atoms with van der Waals surface area (Å²) in [4.78, 5) is 28.8. The molecule has 7 heteroatoms. The number of aromatic nitrogens is 4. The predicted molar refractivity (Wildman–Crippen MR) is 73.4 cm³/mol. The molecule has 2 aromatic rings. The number of nitrogens with zero attached hydrogens (tertiary/aromatic N) is 4. The van der Waals surface area contributed by atoms with Crippen molar-refractivity contribution in [3.8, 4) is 0 Å². The summed E-state index contributed by atoms with van der Waals surface area (Å²) >= 11 is 0. The van der Waals surface area contributed by atoms with Crippen LogP contribution >= 0.6 is 0 Å². The number of fused-ring (bicyclic) bond motifs is 1. The van der Waals surface area contributed by atoms with Gasteiger partial charge in [0, 0.05) is 25.7 Å². The molecule has 0 bridgehead atoms. The van der Waals surface area contributed by atoms with Gasteiger partial charge >= 0.3 is 5.69 Å². The molecule has 0 radical (unpaired) electrons. The van der Waals surface area contributed by atoms with Crippen molar-refractivity contribution in [3.63, 3.8) is 0 Å². The molecule has 2 heterocycles. The van der Waals surface area contributed by atoms with E-state index < -0.39 is 0 Å². The van der Waals surface area contributed by atoms with Crippen molar-refractivity contribution in [1.82, 2.24) is 18.7 Å². The van der Waals surface area contributed by atoms with E-state index in [9.17, 15) is 9.59 Å². The Labute approximate surface area is 110 Å². The maximum absolute atomic E-state index is 12.4. The molecule has 2 rings (SSSR count). The van der Waals surface area contributed by atoms with Gasteiger partial charge in [-0.15, -0.1) is 0 Å². The third kappa shape index (κ3) is 1.90. The fourth-order valence-corrected chi connectivity index (χ4v) is 2.22. The van der Waals surface area contributed by atoms with E-state index in [2.05, 4.69) is 4.98 Å². The van der Waals surface area contributed by atoms with Crippen molar-refractivity contribution in [2.75, 3.05) is 6.54 Å². The Morgan fingerprint density at radius 3 is 2.42 bits per heavy atom. The van der Waals surface area contributed by atoms with E-state index in [4.69, 9.17) is 5.73 Å². The number of hydrogen-bond acceptors (Lipinski definition) is 4. The maximum Gasteiger partial charge on any atom is 0.332 e. The molecule has 0 amide bonds. The second-order valence-corrected chi connectivity index (χ2v) is 4.49. The average molecular weight is 265 g/mol. The quantitative estimate of drug-likeness (QED) is 0.837. The monoisotopic (exact) mass is 265 g/mol. The highest BCUT2D eigenvalue weighted by molar-refractivity contribution is 5.70. The molecule has 2 aromatic heterocycles. The van der Waals surface area contributed by atoms with Crippen LogP contribution in [0.3, 0.4) is 0 Å². The third-order valence-electron chi connectivity index (χ3n) is 3.39. The number of hydrogen-bond donors (Lipinski definition) is 1. The highest BCUT2D eigenvalue weighted by Gasteiger charge is 2.18. The average Bonchev–Trinajstić information content (AvgIpc) is 2.83. The highest BCUT2D eigenvalue weighted by Crippen LogP contribution is 2.12. The van der Waals surface area contributed by atoms with Crippen LogP contribution < -0.4 is 17.0 Å². The highest BCUT2D eigenvalue weighted by atomic mass is 16.2. The summed E-state index contributed by atoms with van der Waals surface area (Å²) < 4.78 is 4.49. The molecule has 1 unspecified atom stereocenters. The first-order chi connectivity index (χ1) is 9.06. The Bertz CT molecular complexity index is 709. The minimum atomic E-state index is -0.312. The van der Waals surface area contributed by atoms with E-state index in [0.29, 0.717) is 30.8 Å². The summed E-state index contributed by atoms with van der Waals surface area (Å²) in [7, 11) is 0. The zero-order valence-corrected chi connectivity index (χ0v) is 11.5. The minimum Gasteiger partial charge on any atom is -0.328 e. The van der Waals surface area contributed by atoms with E-state index >= 15 is 0 Å². The van der Waals surface area contributed by atoms with Crippen molar-refractivity contribution in [2.45, 2.75) is 39.9 Å². The summed E-state index contributed by atoms with van der Waals surface area (Å²) in [5.41, 5.74) is 5.92. The zero-order chi connectivity index (χ0) is 14.2. The first kappa shape index (κ1) is 13.5. The van der Waals surface area contributed by atoms with E-state index in [1.165, 1.54) is 9.13 Å². The molecule has 1 atom stereocenters. The van der Waals surface area contributed by atoms with E-state index in [0.717, 1.165) is 0 Å². The SMILES string of the molecule is CCn1c(=O)c2c(ncn2C(C)CN)n(CC)c1=O. The molecule has 0 aromatic carbocycles. The Hall–Kier alpha value is -1.89. The molecule has 0 fully saturated rings. The van der Waals surface area contributed by atoms with Gasteiger partial charge in [-0.25, -0.2) is 9.78 Å². The predicted octanol–water partition coefficient (Wildman–Crippen LogP) is -0.0808. The van der Waals surface area contributed by atoms with Crippen LogP contribution in [0.15, 0.2) is 15.9 Å². The molecule has 104 valence electrons. The van der Waals surface area contributed by atoms with Crippen LogP contribution in [0.1, 0.15) is 26.8 Å².